The van der Waals surface area contributed by atoms with E-state index < -0.39 is 4.92 Å². The number of nitro groups is 1. The Morgan fingerprint density at radius 3 is 3.00 bits per heavy atom. The van der Waals surface area contributed by atoms with Gasteiger partial charge in [0, 0.05) is 12.1 Å². The molecule has 0 radical (unpaired) electrons. The molecule has 0 spiro atoms. The predicted molar refractivity (Wildman–Crippen MR) is 61.3 cm³/mol. The van der Waals surface area contributed by atoms with Crippen LogP contribution in [0.15, 0.2) is 18.3 Å². The van der Waals surface area contributed by atoms with Crippen molar-refractivity contribution in [3.05, 3.63) is 28.4 Å². The molecule has 5 nitrogen and oxygen atoms in total. The molecule has 0 aromatic carbocycles. The molecule has 1 saturated carbocycles. The van der Waals surface area contributed by atoms with Gasteiger partial charge in [-0.05, 0) is 24.8 Å². The molecule has 1 aliphatic rings. The van der Waals surface area contributed by atoms with E-state index in [2.05, 4.69) is 17.2 Å². The van der Waals surface area contributed by atoms with Crippen LogP contribution in [0.5, 0.6) is 0 Å². The van der Waals surface area contributed by atoms with Gasteiger partial charge in [-0.1, -0.05) is 13.3 Å². The number of aromatic nitrogens is 1. The van der Waals surface area contributed by atoms with E-state index in [0.717, 1.165) is 11.7 Å². The van der Waals surface area contributed by atoms with Crippen LogP contribution in [-0.2, 0) is 0 Å². The van der Waals surface area contributed by atoms with Gasteiger partial charge in [0.2, 0.25) is 0 Å². The van der Waals surface area contributed by atoms with Crippen molar-refractivity contribution in [3.8, 4) is 0 Å². The summed E-state index contributed by atoms with van der Waals surface area (Å²) in [5.41, 5.74) is 0.0338. The summed E-state index contributed by atoms with van der Waals surface area (Å²) in [5, 5.41) is 13.7. The van der Waals surface area contributed by atoms with Gasteiger partial charge in [0.25, 0.3) is 5.69 Å². The quantitative estimate of drug-likeness (QED) is 0.613. The summed E-state index contributed by atoms with van der Waals surface area (Å²) in [6, 6.07) is 3.65. The lowest BCUT2D eigenvalue weighted by molar-refractivity contribution is -0.385. The van der Waals surface area contributed by atoms with Crippen molar-refractivity contribution in [2.75, 3.05) is 5.32 Å². The maximum Gasteiger partial charge on any atom is 0.287 e. The highest BCUT2D eigenvalue weighted by Crippen LogP contribution is 2.36. The Labute approximate surface area is 94.0 Å². The van der Waals surface area contributed by atoms with Gasteiger partial charge < -0.3 is 5.32 Å². The Hall–Kier alpha value is -1.65. The Kier molecular flexibility index (Phi) is 3.03. The number of nitrogens with one attached hydrogen (secondary N) is 1. The molecule has 5 heteroatoms. The minimum Gasteiger partial charge on any atom is -0.367 e. The molecule has 2 rings (SSSR count). The first kappa shape index (κ1) is 10.9. The first-order valence-electron chi connectivity index (χ1n) is 5.57. The molecule has 86 valence electrons. The minimum atomic E-state index is -0.437. The summed E-state index contributed by atoms with van der Waals surface area (Å²) in [6.45, 7) is 2.18. The molecule has 2 atom stereocenters. The van der Waals surface area contributed by atoms with E-state index in [9.17, 15) is 10.1 Å². The monoisotopic (exact) mass is 221 g/mol. The van der Waals surface area contributed by atoms with Crippen LogP contribution in [0.25, 0.3) is 0 Å². The third kappa shape index (κ3) is 2.48. The number of hydrogen-bond acceptors (Lipinski definition) is 4. The fraction of sp³-hybridized carbons (Fsp3) is 0.545. The highest BCUT2D eigenvalue weighted by molar-refractivity contribution is 5.42. The number of rotatable bonds is 5. The van der Waals surface area contributed by atoms with E-state index in [1.165, 1.54) is 31.5 Å². The first-order chi connectivity index (χ1) is 7.70. The second kappa shape index (κ2) is 4.47. The van der Waals surface area contributed by atoms with Crippen molar-refractivity contribution in [3.63, 3.8) is 0 Å². The van der Waals surface area contributed by atoms with Gasteiger partial charge in [-0.2, -0.15) is 0 Å². The Morgan fingerprint density at radius 2 is 2.44 bits per heavy atom. The maximum atomic E-state index is 10.4. The molecule has 1 aliphatic carbocycles. The molecule has 0 amide bonds. The highest BCUT2D eigenvalue weighted by atomic mass is 16.6. The zero-order chi connectivity index (χ0) is 11.5. The van der Waals surface area contributed by atoms with Gasteiger partial charge in [-0.15, -0.1) is 0 Å². The number of nitrogens with zero attached hydrogens (tertiary/aromatic N) is 2. The second-order valence-electron chi connectivity index (χ2n) is 4.19. The largest absolute Gasteiger partial charge is 0.367 e. The summed E-state index contributed by atoms with van der Waals surface area (Å²) in [6.07, 6.45) is 4.92. The molecule has 1 fully saturated rings. The molecular formula is C11H15N3O2. The summed E-state index contributed by atoms with van der Waals surface area (Å²) < 4.78 is 0. The Bertz CT molecular complexity index is 377. The summed E-state index contributed by atoms with van der Waals surface area (Å²) in [4.78, 5) is 14.0. The SMILES string of the molecule is CCCC1CC1Nc1ccc([N+](=O)[O-])cn1. The lowest BCUT2D eigenvalue weighted by Gasteiger charge is -2.03. The summed E-state index contributed by atoms with van der Waals surface area (Å²) >= 11 is 0. The average molecular weight is 221 g/mol. The Balaban J connectivity index is 1.89. The third-order valence-electron chi connectivity index (χ3n) is 2.87. The van der Waals surface area contributed by atoms with Crippen molar-refractivity contribution >= 4 is 11.5 Å². The summed E-state index contributed by atoms with van der Waals surface area (Å²) in [7, 11) is 0. The molecule has 16 heavy (non-hydrogen) atoms. The summed E-state index contributed by atoms with van der Waals surface area (Å²) in [5.74, 6) is 1.48. The molecule has 1 aromatic rings. The van der Waals surface area contributed by atoms with E-state index >= 15 is 0 Å². The van der Waals surface area contributed by atoms with Gasteiger partial charge in [0.15, 0.2) is 0 Å². The zero-order valence-corrected chi connectivity index (χ0v) is 9.22. The third-order valence-corrected chi connectivity index (χ3v) is 2.87. The van der Waals surface area contributed by atoms with E-state index in [-0.39, 0.29) is 5.69 Å². The fourth-order valence-corrected chi connectivity index (χ4v) is 1.88. The normalized spacial score (nSPS) is 22.8. The van der Waals surface area contributed by atoms with Crippen molar-refractivity contribution in [2.24, 2.45) is 5.92 Å². The van der Waals surface area contributed by atoms with Gasteiger partial charge >= 0.3 is 0 Å². The number of anilines is 1. The van der Waals surface area contributed by atoms with Crippen molar-refractivity contribution in [1.29, 1.82) is 0 Å². The lowest BCUT2D eigenvalue weighted by Crippen LogP contribution is -2.06. The van der Waals surface area contributed by atoms with E-state index in [1.54, 1.807) is 6.07 Å². The van der Waals surface area contributed by atoms with Gasteiger partial charge in [-0.3, -0.25) is 10.1 Å². The smallest absolute Gasteiger partial charge is 0.287 e. The lowest BCUT2D eigenvalue weighted by atomic mass is 10.2. The fourth-order valence-electron chi connectivity index (χ4n) is 1.88. The van der Waals surface area contributed by atoms with Gasteiger partial charge in [0.1, 0.15) is 12.0 Å². The van der Waals surface area contributed by atoms with Crippen LogP contribution in [-0.4, -0.2) is 15.9 Å². The first-order valence-corrected chi connectivity index (χ1v) is 5.57. The van der Waals surface area contributed by atoms with Crippen LogP contribution >= 0.6 is 0 Å². The zero-order valence-electron chi connectivity index (χ0n) is 9.22. The molecular weight excluding hydrogens is 206 g/mol. The second-order valence-corrected chi connectivity index (χ2v) is 4.19. The van der Waals surface area contributed by atoms with E-state index in [4.69, 9.17) is 0 Å². The van der Waals surface area contributed by atoms with Crippen LogP contribution in [0.4, 0.5) is 11.5 Å². The standard InChI is InChI=1S/C11H15N3O2/c1-2-3-8-6-10(8)13-11-5-4-9(7-12-11)14(15)16/h4-5,7-8,10H,2-3,6H2,1H3,(H,12,13). The topological polar surface area (TPSA) is 68.1 Å². The van der Waals surface area contributed by atoms with Crippen LogP contribution in [0.3, 0.4) is 0 Å². The molecule has 1 N–H and O–H groups in total. The molecule has 0 saturated heterocycles. The van der Waals surface area contributed by atoms with Crippen molar-refractivity contribution in [2.45, 2.75) is 32.2 Å². The van der Waals surface area contributed by atoms with Crippen LogP contribution < -0.4 is 5.32 Å². The number of hydrogen-bond donors (Lipinski definition) is 1. The van der Waals surface area contributed by atoms with Crippen LogP contribution in [0.2, 0.25) is 0 Å². The Morgan fingerprint density at radius 1 is 1.62 bits per heavy atom. The molecule has 1 aromatic heterocycles. The van der Waals surface area contributed by atoms with Crippen molar-refractivity contribution in [1.82, 2.24) is 4.98 Å². The molecule has 1 heterocycles. The van der Waals surface area contributed by atoms with Gasteiger partial charge in [0.05, 0.1) is 4.92 Å². The van der Waals surface area contributed by atoms with E-state index in [1.807, 2.05) is 0 Å². The molecule has 0 aliphatic heterocycles. The van der Waals surface area contributed by atoms with Crippen LogP contribution in [0, 0.1) is 16.0 Å². The molecule has 0 bridgehead atoms. The predicted octanol–water partition coefficient (Wildman–Crippen LogP) is 2.59. The highest BCUT2D eigenvalue weighted by Gasteiger charge is 2.36. The number of pyridine rings is 1. The minimum absolute atomic E-state index is 0.0338. The van der Waals surface area contributed by atoms with Gasteiger partial charge in [-0.25, -0.2) is 4.98 Å². The maximum absolute atomic E-state index is 10.4. The average Bonchev–Trinajstić information content (AvgIpc) is 2.98. The van der Waals surface area contributed by atoms with E-state index in [0.29, 0.717) is 6.04 Å². The van der Waals surface area contributed by atoms with Crippen LogP contribution in [0.1, 0.15) is 26.2 Å². The van der Waals surface area contributed by atoms with Crippen molar-refractivity contribution < 1.29 is 4.92 Å². The molecule has 2 unspecified atom stereocenters.